The molecule has 3 aromatic rings. The Kier molecular flexibility index (Phi) is 8.16. The van der Waals surface area contributed by atoms with Crippen LogP contribution in [0.4, 0.5) is 27.9 Å². The molecule has 1 aromatic heterocycles. The summed E-state index contributed by atoms with van der Waals surface area (Å²) in [5.41, 5.74) is 6.95. The van der Waals surface area contributed by atoms with Gasteiger partial charge in [0.1, 0.15) is 5.82 Å². The minimum atomic E-state index is -0.282. The maximum absolute atomic E-state index is 13.1. The molecule has 0 saturated carbocycles. The Labute approximate surface area is 200 Å². The number of anilines is 4. The predicted octanol–water partition coefficient (Wildman–Crippen LogP) is 5.48. The number of nitrogens with zero attached hydrogens (tertiary/aromatic N) is 5. The molecule has 4 rings (SSSR count). The number of hydrogen-bond acceptors (Lipinski definition) is 7. The summed E-state index contributed by atoms with van der Waals surface area (Å²) < 4.78 is 13.1. The van der Waals surface area contributed by atoms with Crippen LogP contribution in [0.25, 0.3) is 0 Å². The van der Waals surface area contributed by atoms with Gasteiger partial charge in [0.15, 0.2) is 0 Å². The molecular formula is C24H29ClFN7. The molecule has 0 unspecified atom stereocenters. The smallest absolute Gasteiger partial charge is 0.250 e. The molecule has 0 aliphatic carbocycles. The quantitative estimate of drug-likeness (QED) is 0.368. The molecule has 0 amide bonds. The summed E-state index contributed by atoms with van der Waals surface area (Å²) in [5.74, 6) is 1.86. The molecule has 0 spiro atoms. The van der Waals surface area contributed by atoms with Crippen LogP contribution in [-0.2, 0) is 0 Å². The number of piperidine rings is 1. The lowest BCUT2D eigenvalue weighted by molar-refractivity contribution is 0.434. The van der Waals surface area contributed by atoms with Gasteiger partial charge >= 0.3 is 0 Å². The number of aromatic nitrogens is 3. The van der Waals surface area contributed by atoms with Gasteiger partial charge in [0, 0.05) is 18.8 Å². The number of nitrogens with one attached hydrogen (secondary N) is 2. The third-order valence-corrected chi connectivity index (χ3v) is 5.79. The topological polar surface area (TPSA) is 78.3 Å². The molecule has 0 radical (unpaired) electrons. The second-order valence-corrected chi connectivity index (χ2v) is 8.25. The number of hydrazone groups is 1. The number of halogens is 2. The summed E-state index contributed by atoms with van der Waals surface area (Å²) >= 11 is 0. The lowest BCUT2D eigenvalue weighted by atomic mass is 10.00. The van der Waals surface area contributed by atoms with E-state index in [9.17, 15) is 4.39 Å². The molecule has 7 nitrogen and oxygen atoms in total. The normalized spacial score (nSPS) is 14.2. The molecule has 9 heteroatoms. The van der Waals surface area contributed by atoms with E-state index in [1.54, 1.807) is 18.3 Å². The summed E-state index contributed by atoms with van der Waals surface area (Å²) in [5, 5.41) is 7.56. The highest BCUT2D eigenvalue weighted by Crippen LogP contribution is 2.25. The third-order valence-electron chi connectivity index (χ3n) is 5.79. The lowest BCUT2D eigenvalue weighted by Crippen LogP contribution is -2.34. The van der Waals surface area contributed by atoms with E-state index >= 15 is 0 Å². The SMILES string of the molecule is Cc1cccc(Nc2nc(N/N=C/c3ccc(F)cc3)nc(N3CCC(C)CC3)n2)c1C.Cl. The average Bonchev–Trinajstić information content (AvgIpc) is 2.79. The summed E-state index contributed by atoms with van der Waals surface area (Å²) in [6.45, 7) is 8.23. The molecule has 0 bridgehead atoms. The monoisotopic (exact) mass is 469 g/mol. The van der Waals surface area contributed by atoms with Crippen LogP contribution >= 0.6 is 12.4 Å². The highest BCUT2D eigenvalue weighted by Gasteiger charge is 2.20. The number of rotatable bonds is 6. The molecular weight excluding hydrogens is 441 g/mol. The molecule has 2 heterocycles. The van der Waals surface area contributed by atoms with E-state index in [1.165, 1.54) is 17.7 Å². The van der Waals surface area contributed by atoms with E-state index < -0.39 is 0 Å². The van der Waals surface area contributed by atoms with Gasteiger partial charge in [-0.15, -0.1) is 12.4 Å². The first-order valence-electron chi connectivity index (χ1n) is 10.9. The first-order chi connectivity index (χ1) is 15.5. The van der Waals surface area contributed by atoms with E-state index in [0.29, 0.717) is 23.8 Å². The highest BCUT2D eigenvalue weighted by atomic mass is 35.5. The van der Waals surface area contributed by atoms with Crippen molar-refractivity contribution in [2.45, 2.75) is 33.6 Å². The Morgan fingerprint density at radius 3 is 2.42 bits per heavy atom. The van der Waals surface area contributed by atoms with Crippen molar-refractivity contribution >= 4 is 42.2 Å². The highest BCUT2D eigenvalue weighted by molar-refractivity contribution is 5.85. The predicted molar refractivity (Wildman–Crippen MR) is 135 cm³/mol. The molecule has 2 N–H and O–H groups in total. The first-order valence-corrected chi connectivity index (χ1v) is 10.9. The van der Waals surface area contributed by atoms with Gasteiger partial charge in [-0.2, -0.15) is 20.1 Å². The zero-order chi connectivity index (χ0) is 22.5. The third kappa shape index (κ3) is 6.38. The first kappa shape index (κ1) is 24.4. The van der Waals surface area contributed by atoms with Gasteiger partial charge in [-0.05, 0) is 67.5 Å². The largest absolute Gasteiger partial charge is 0.341 e. The number of aryl methyl sites for hydroxylation is 1. The average molecular weight is 470 g/mol. The van der Waals surface area contributed by atoms with Crippen LogP contribution < -0.4 is 15.6 Å². The molecule has 2 aromatic carbocycles. The van der Waals surface area contributed by atoms with Crippen LogP contribution in [0.1, 0.15) is 36.5 Å². The fourth-order valence-electron chi connectivity index (χ4n) is 3.54. The van der Waals surface area contributed by atoms with Crippen molar-refractivity contribution < 1.29 is 4.39 Å². The van der Waals surface area contributed by atoms with Gasteiger partial charge in [-0.1, -0.05) is 31.2 Å². The van der Waals surface area contributed by atoms with Crippen molar-refractivity contribution in [3.63, 3.8) is 0 Å². The Hall–Kier alpha value is -3.26. The van der Waals surface area contributed by atoms with Crippen LogP contribution in [-0.4, -0.2) is 34.3 Å². The van der Waals surface area contributed by atoms with Gasteiger partial charge in [0.05, 0.1) is 6.21 Å². The van der Waals surface area contributed by atoms with E-state index in [1.807, 2.05) is 12.1 Å². The standard InChI is InChI=1S/C24H28FN7.ClH/c1-16-11-13-32(14-12-16)24-29-22(27-21-6-4-5-17(2)18(21)3)28-23(30-24)31-26-15-19-7-9-20(25)10-8-19;/h4-10,15-16H,11-14H2,1-3H3,(H2,27,28,29,30,31);1H/b26-15+;. The summed E-state index contributed by atoms with van der Waals surface area (Å²) in [4.78, 5) is 16.0. The number of benzene rings is 2. The van der Waals surface area contributed by atoms with Gasteiger partial charge in [-0.25, -0.2) is 9.82 Å². The van der Waals surface area contributed by atoms with Crippen LogP contribution in [0.5, 0.6) is 0 Å². The van der Waals surface area contributed by atoms with Crippen LogP contribution in [0.3, 0.4) is 0 Å². The molecule has 0 atom stereocenters. The fourth-order valence-corrected chi connectivity index (χ4v) is 3.54. The van der Waals surface area contributed by atoms with Gasteiger partial charge in [0.2, 0.25) is 17.8 Å². The molecule has 1 aliphatic rings. The second kappa shape index (κ2) is 11.0. The van der Waals surface area contributed by atoms with Crippen molar-refractivity contribution in [2.75, 3.05) is 28.7 Å². The second-order valence-electron chi connectivity index (χ2n) is 8.25. The molecule has 1 aliphatic heterocycles. The van der Waals surface area contributed by atoms with E-state index in [2.05, 4.69) is 62.5 Å². The van der Waals surface area contributed by atoms with Crippen molar-refractivity contribution in [1.82, 2.24) is 15.0 Å². The van der Waals surface area contributed by atoms with Crippen molar-refractivity contribution in [2.24, 2.45) is 11.0 Å². The molecule has 33 heavy (non-hydrogen) atoms. The van der Waals surface area contributed by atoms with E-state index in [-0.39, 0.29) is 18.2 Å². The van der Waals surface area contributed by atoms with Gasteiger partial charge in [0.25, 0.3) is 0 Å². The molecule has 1 saturated heterocycles. The van der Waals surface area contributed by atoms with Crippen LogP contribution in [0.15, 0.2) is 47.6 Å². The Bertz CT molecular complexity index is 1100. The van der Waals surface area contributed by atoms with E-state index in [4.69, 9.17) is 0 Å². The Morgan fingerprint density at radius 2 is 1.70 bits per heavy atom. The summed E-state index contributed by atoms with van der Waals surface area (Å²) in [6.07, 6.45) is 3.82. The fraction of sp³-hybridized carbons (Fsp3) is 0.333. The van der Waals surface area contributed by atoms with Gasteiger partial charge < -0.3 is 10.2 Å². The Balaban J connectivity index is 0.00000306. The van der Waals surface area contributed by atoms with Crippen molar-refractivity contribution in [3.05, 3.63) is 65.0 Å². The van der Waals surface area contributed by atoms with Crippen LogP contribution in [0.2, 0.25) is 0 Å². The van der Waals surface area contributed by atoms with Gasteiger partial charge in [-0.3, -0.25) is 0 Å². The van der Waals surface area contributed by atoms with Crippen molar-refractivity contribution in [3.8, 4) is 0 Å². The zero-order valence-electron chi connectivity index (χ0n) is 19.0. The maximum atomic E-state index is 13.1. The lowest BCUT2D eigenvalue weighted by Gasteiger charge is -2.30. The Morgan fingerprint density at radius 1 is 1.00 bits per heavy atom. The minimum Gasteiger partial charge on any atom is -0.341 e. The number of hydrogen-bond donors (Lipinski definition) is 2. The molecule has 1 fully saturated rings. The zero-order valence-corrected chi connectivity index (χ0v) is 19.9. The summed E-state index contributed by atoms with van der Waals surface area (Å²) in [6, 6.07) is 12.2. The molecule has 174 valence electrons. The summed E-state index contributed by atoms with van der Waals surface area (Å²) in [7, 11) is 0. The van der Waals surface area contributed by atoms with Crippen LogP contribution in [0, 0.1) is 25.6 Å². The van der Waals surface area contributed by atoms with E-state index in [0.717, 1.165) is 42.7 Å². The maximum Gasteiger partial charge on any atom is 0.250 e. The van der Waals surface area contributed by atoms with Crippen molar-refractivity contribution in [1.29, 1.82) is 0 Å². The minimum absolute atomic E-state index is 0.